The molecule has 1 saturated heterocycles. The molecule has 1 saturated carbocycles. The summed E-state index contributed by atoms with van der Waals surface area (Å²) in [5, 5.41) is 2.91. The van der Waals surface area contributed by atoms with Gasteiger partial charge in [0.25, 0.3) is 0 Å². The summed E-state index contributed by atoms with van der Waals surface area (Å²) in [5.74, 6) is 0.0772. The molecule has 0 aromatic rings. The summed E-state index contributed by atoms with van der Waals surface area (Å²) in [4.78, 5) is 27.3. The number of ether oxygens (including phenoxy) is 1. The first-order valence-electron chi connectivity index (χ1n) is 8.48. The van der Waals surface area contributed by atoms with Crippen molar-refractivity contribution >= 4 is 12.0 Å². The van der Waals surface area contributed by atoms with E-state index in [0.29, 0.717) is 12.8 Å². The molecule has 1 aliphatic heterocycles. The number of amides is 2. The van der Waals surface area contributed by atoms with E-state index in [4.69, 9.17) is 4.74 Å². The lowest BCUT2D eigenvalue weighted by atomic mass is 9.94. The van der Waals surface area contributed by atoms with Crippen molar-refractivity contribution in [1.29, 1.82) is 0 Å². The molecular weight excluding hydrogens is 280 g/mol. The van der Waals surface area contributed by atoms with Crippen LogP contribution >= 0.6 is 0 Å². The number of carbonyl (C=O) groups is 2. The molecule has 1 heterocycles. The molecule has 5 nitrogen and oxygen atoms in total. The fourth-order valence-corrected chi connectivity index (χ4v) is 3.71. The molecule has 2 rings (SSSR count). The van der Waals surface area contributed by atoms with Crippen LogP contribution in [-0.4, -0.2) is 40.1 Å². The van der Waals surface area contributed by atoms with Gasteiger partial charge in [0, 0.05) is 12.1 Å². The van der Waals surface area contributed by atoms with Crippen molar-refractivity contribution in [3.63, 3.8) is 0 Å². The van der Waals surface area contributed by atoms with Crippen LogP contribution in [0.3, 0.4) is 0 Å². The lowest BCUT2D eigenvalue weighted by Gasteiger charge is -2.37. The highest BCUT2D eigenvalue weighted by Gasteiger charge is 2.48. The molecule has 0 radical (unpaired) electrons. The molecule has 0 unspecified atom stereocenters. The van der Waals surface area contributed by atoms with Crippen LogP contribution in [-0.2, 0) is 9.53 Å². The fraction of sp³-hybridized carbons (Fsp3) is 0.882. The van der Waals surface area contributed by atoms with E-state index >= 15 is 0 Å². The average Bonchev–Trinajstić information content (AvgIpc) is 2.95. The normalized spacial score (nSPS) is 27.8. The Labute approximate surface area is 133 Å². The molecule has 0 aromatic heterocycles. The Morgan fingerprint density at radius 2 is 1.59 bits per heavy atom. The minimum absolute atomic E-state index is 0.0772. The largest absolute Gasteiger partial charge is 0.444 e. The molecule has 2 atom stereocenters. The van der Waals surface area contributed by atoms with Gasteiger partial charge in [-0.05, 0) is 60.3 Å². The summed E-state index contributed by atoms with van der Waals surface area (Å²) in [6, 6.07) is 0.501. The topological polar surface area (TPSA) is 58.6 Å². The van der Waals surface area contributed by atoms with Gasteiger partial charge in [-0.25, -0.2) is 4.79 Å². The Morgan fingerprint density at radius 3 is 2.05 bits per heavy atom. The van der Waals surface area contributed by atoms with Gasteiger partial charge in [-0.15, -0.1) is 0 Å². The Hall–Kier alpha value is -1.26. The van der Waals surface area contributed by atoms with Crippen molar-refractivity contribution < 1.29 is 14.3 Å². The van der Waals surface area contributed by atoms with Crippen molar-refractivity contribution in [3.05, 3.63) is 0 Å². The summed E-state index contributed by atoms with van der Waals surface area (Å²) in [6.07, 6.45) is 4.95. The molecule has 0 bridgehead atoms. The number of nitrogens with one attached hydrogen (secondary N) is 1. The smallest absolute Gasteiger partial charge is 0.408 e. The van der Waals surface area contributed by atoms with Crippen molar-refractivity contribution in [3.8, 4) is 0 Å². The van der Waals surface area contributed by atoms with E-state index in [0.717, 1.165) is 25.7 Å². The predicted molar refractivity (Wildman–Crippen MR) is 85.6 cm³/mol. The molecule has 0 spiro atoms. The second-order valence-corrected chi connectivity index (χ2v) is 7.90. The number of nitrogens with zero attached hydrogens (tertiary/aromatic N) is 1. The van der Waals surface area contributed by atoms with Gasteiger partial charge >= 0.3 is 6.09 Å². The van der Waals surface area contributed by atoms with Gasteiger partial charge in [-0.2, -0.15) is 0 Å². The van der Waals surface area contributed by atoms with Crippen molar-refractivity contribution in [2.24, 2.45) is 0 Å². The van der Waals surface area contributed by atoms with Crippen LogP contribution in [0.4, 0.5) is 4.79 Å². The van der Waals surface area contributed by atoms with Gasteiger partial charge < -0.3 is 15.0 Å². The van der Waals surface area contributed by atoms with Crippen molar-refractivity contribution in [2.75, 3.05) is 0 Å². The quantitative estimate of drug-likeness (QED) is 0.852. The molecule has 2 fully saturated rings. The van der Waals surface area contributed by atoms with Crippen molar-refractivity contribution in [1.82, 2.24) is 10.2 Å². The Kier molecular flexibility index (Phi) is 4.73. The zero-order chi connectivity index (χ0) is 16.5. The third-order valence-electron chi connectivity index (χ3n) is 4.79. The Bertz CT molecular complexity index is 426. The van der Waals surface area contributed by atoms with Crippen LogP contribution in [0.1, 0.15) is 73.1 Å². The summed E-state index contributed by atoms with van der Waals surface area (Å²) in [5.41, 5.74) is -1.32. The molecule has 2 amide bonds. The minimum Gasteiger partial charge on any atom is -0.444 e. The highest BCUT2D eigenvalue weighted by atomic mass is 16.6. The summed E-state index contributed by atoms with van der Waals surface area (Å²) in [6.45, 7) is 9.69. The Balaban J connectivity index is 2.14. The van der Waals surface area contributed by atoms with E-state index < -0.39 is 17.2 Å². The third kappa shape index (κ3) is 3.55. The Morgan fingerprint density at radius 1 is 1.09 bits per heavy atom. The van der Waals surface area contributed by atoms with Gasteiger partial charge in [0.15, 0.2) is 0 Å². The molecule has 126 valence electrons. The second-order valence-electron chi connectivity index (χ2n) is 7.90. The SMILES string of the molecule is C[C@@H]1CC[C@H](C)N1C(=O)C1(NC(=O)OC(C)(C)C)CCCC1. The van der Waals surface area contributed by atoms with Gasteiger partial charge in [0.2, 0.25) is 5.91 Å². The molecule has 0 aromatic carbocycles. The molecule has 2 aliphatic rings. The van der Waals surface area contributed by atoms with E-state index in [1.54, 1.807) is 0 Å². The predicted octanol–water partition coefficient (Wildman–Crippen LogP) is 3.22. The van der Waals surface area contributed by atoms with E-state index in [1.165, 1.54) is 0 Å². The summed E-state index contributed by atoms with van der Waals surface area (Å²) < 4.78 is 5.37. The first-order valence-corrected chi connectivity index (χ1v) is 8.48. The highest BCUT2D eigenvalue weighted by Crippen LogP contribution is 2.35. The lowest BCUT2D eigenvalue weighted by molar-refractivity contribution is -0.140. The van der Waals surface area contributed by atoms with E-state index in [2.05, 4.69) is 19.2 Å². The fourth-order valence-electron chi connectivity index (χ4n) is 3.71. The third-order valence-corrected chi connectivity index (χ3v) is 4.79. The van der Waals surface area contributed by atoms with E-state index in [-0.39, 0.29) is 18.0 Å². The molecule has 1 N–H and O–H groups in total. The molecule has 1 aliphatic carbocycles. The monoisotopic (exact) mass is 310 g/mol. The maximum atomic E-state index is 13.1. The highest BCUT2D eigenvalue weighted by molar-refractivity contribution is 5.91. The average molecular weight is 310 g/mol. The van der Waals surface area contributed by atoms with Crippen LogP contribution < -0.4 is 5.32 Å². The van der Waals surface area contributed by atoms with E-state index in [1.807, 2.05) is 25.7 Å². The number of hydrogen-bond acceptors (Lipinski definition) is 3. The van der Waals surface area contributed by atoms with Gasteiger partial charge in [-0.3, -0.25) is 4.79 Å². The van der Waals surface area contributed by atoms with Crippen LogP contribution in [0.25, 0.3) is 0 Å². The first-order chi connectivity index (χ1) is 10.1. The number of hydrogen-bond donors (Lipinski definition) is 1. The number of alkyl carbamates (subject to hydrolysis) is 1. The molecule has 5 heteroatoms. The zero-order valence-electron chi connectivity index (χ0n) is 14.6. The number of likely N-dealkylation sites (tertiary alicyclic amines) is 1. The molecule has 22 heavy (non-hydrogen) atoms. The van der Waals surface area contributed by atoms with Crippen LogP contribution in [0, 0.1) is 0 Å². The van der Waals surface area contributed by atoms with E-state index in [9.17, 15) is 9.59 Å². The first kappa shape index (κ1) is 17.1. The van der Waals surface area contributed by atoms with Gasteiger partial charge in [-0.1, -0.05) is 12.8 Å². The second kappa shape index (κ2) is 6.09. The lowest BCUT2D eigenvalue weighted by Crippen LogP contribution is -2.60. The van der Waals surface area contributed by atoms with Crippen LogP contribution in [0.15, 0.2) is 0 Å². The van der Waals surface area contributed by atoms with Crippen LogP contribution in [0.2, 0.25) is 0 Å². The maximum absolute atomic E-state index is 13.1. The number of carbonyl (C=O) groups excluding carboxylic acids is 2. The summed E-state index contributed by atoms with van der Waals surface area (Å²) >= 11 is 0. The zero-order valence-corrected chi connectivity index (χ0v) is 14.6. The minimum atomic E-state index is -0.769. The number of rotatable bonds is 2. The maximum Gasteiger partial charge on any atom is 0.408 e. The van der Waals surface area contributed by atoms with Crippen LogP contribution in [0.5, 0.6) is 0 Å². The molecular formula is C17H30N2O3. The van der Waals surface area contributed by atoms with Gasteiger partial charge in [0.05, 0.1) is 0 Å². The van der Waals surface area contributed by atoms with Crippen molar-refractivity contribution in [2.45, 2.75) is 96.4 Å². The standard InChI is InChI=1S/C17H30N2O3/c1-12-8-9-13(2)19(12)14(20)17(10-6-7-11-17)18-15(21)22-16(3,4)5/h12-13H,6-11H2,1-5H3,(H,18,21)/t12-,13+. The summed E-state index contributed by atoms with van der Waals surface area (Å²) in [7, 11) is 0. The van der Waals surface area contributed by atoms with Gasteiger partial charge in [0.1, 0.15) is 11.1 Å².